The van der Waals surface area contributed by atoms with Crippen molar-refractivity contribution in [2.75, 3.05) is 32.0 Å². The molecule has 2 fully saturated rings. The first-order chi connectivity index (χ1) is 16.9. The lowest BCUT2D eigenvalue weighted by Gasteiger charge is -2.39. The molecule has 1 spiro atoms. The Hall–Kier alpha value is -4.03. The van der Waals surface area contributed by atoms with Crippen LogP contribution in [-0.2, 0) is 0 Å². The lowest BCUT2D eigenvalue weighted by Crippen LogP contribution is -2.58. The third kappa shape index (κ3) is 3.76. The number of carbonyl (C=O) groups excluding carboxylic acids is 1. The first-order valence-electron chi connectivity index (χ1n) is 11.6. The maximum atomic E-state index is 14.6. The Bertz CT molecular complexity index is 1380. The highest BCUT2D eigenvalue weighted by Crippen LogP contribution is 2.33. The Morgan fingerprint density at radius 2 is 2.11 bits per heavy atom. The number of carbonyl (C=O) groups is 1. The van der Waals surface area contributed by atoms with Gasteiger partial charge in [-0.15, -0.1) is 0 Å². The predicted molar refractivity (Wildman–Crippen MR) is 132 cm³/mol. The molecule has 35 heavy (non-hydrogen) atoms. The van der Waals surface area contributed by atoms with E-state index in [2.05, 4.69) is 10.6 Å². The molecule has 2 aromatic carbocycles. The average Bonchev–Trinajstić information content (AvgIpc) is 3.45. The van der Waals surface area contributed by atoms with Crippen LogP contribution in [0.15, 0.2) is 36.4 Å². The lowest BCUT2D eigenvalue weighted by atomic mass is 9.87. The number of aromatic nitrogens is 2. The second kappa shape index (κ2) is 8.64. The molecular weight excluding hydrogens is 445 g/mol. The zero-order valence-corrected chi connectivity index (χ0v) is 19.7. The van der Waals surface area contributed by atoms with Crippen molar-refractivity contribution in [1.82, 2.24) is 19.8 Å². The molecule has 3 aromatic rings. The Labute approximate surface area is 202 Å². The quantitative estimate of drug-likeness (QED) is 0.494. The standard InChI is InChI=1S/C26H26FN7O/c1-16-23(25(35)33-10-8-26(15-33)7-9-31-26)32-24(17-3-4-18(13-28)21(27)12-17)34(16)20-5-6-22(30-2)19(11-20)14-29/h3-6,11-12,14,29-31H,7-10,15H2,1-2H3. The summed E-state index contributed by atoms with van der Waals surface area (Å²) in [7, 11) is 1.78. The zero-order chi connectivity index (χ0) is 24.7. The van der Waals surface area contributed by atoms with Gasteiger partial charge in [0.25, 0.3) is 5.91 Å². The summed E-state index contributed by atoms with van der Waals surface area (Å²) in [5, 5.41) is 23.5. The number of imidazole rings is 1. The van der Waals surface area contributed by atoms with Crippen molar-refractivity contribution in [3.63, 3.8) is 0 Å². The molecule has 0 bridgehead atoms. The molecule has 5 rings (SSSR count). The number of nitriles is 1. The molecule has 8 nitrogen and oxygen atoms in total. The molecule has 0 radical (unpaired) electrons. The highest BCUT2D eigenvalue weighted by atomic mass is 19.1. The molecule has 0 saturated carbocycles. The fourth-order valence-electron chi connectivity index (χ4n) is 5.02. The summed E-state index contributed by atoms with van der Waals surface area (Å²) in [6.45, 7) is 4.11. The summed E-state index contributed by atoms with van der Waals surface area (Å²) >= 11 is 0. The van der Waals surface area contributed by atoms with E-state index in [-0.39, 0.29) is 17.0 Å². The number of amides is 1. The maximum absolute atomic E-state index is 14.6. The minimum absolute atomic E-state index is 0.0209. The van der Waals surface area contributed by atoms with E-state index in [0.717, 1.165) is 25.1 Å². The summed E-state index contributed by atoms with van der Waals surface area (Å²) < 4.78 is 16.4. The summed E-state index contributed by atoms with van der Waals surface area (Å²) in [6.07, 6.45) is 3.23. The van der Waals surface area contributed by atoms with Crippen molar-refractivity contribution in [2.24, 2.45) is 0 Å². The fraction of sp³-hybridized carbons (Fsp3) is 0.308. The topological polar surface area (TPSA) is 110 Å². The van der Waals surface area contributed by atoms with Crippen molar-refractivity contribution in [3.05, 3.63) is 64.7 Å². The molecule has 9 heteroatoms. The van der Waals surface area contributed by atoms with Crippen LogP contribution in [0, 0.1) is 29.5 Å². The normalized spacial score (nSPS) is 18.9. The first kappa shape index (κ1) is 22.7. The molecule has 1 atom stereocenters. The molecule has 1 unspecified atom stereocenters. The number of rotatable bonds is 5. The van der Waals surface area contributed by atoms with E-state index < -0.39 is 5.82 Å². The molecule has 2 aliphatic rings. The first-order valence-corrected chi connectivity index (χ1v) is 11.6. The Morgan fingerprint density at radius 1 is 1.31 bits per heavy atom. The van der Waals surface area contributed by atoms with Crippen LogP contribution in [0.5, 0.6) is 0 Å². The number of nitrogens with zero attached hydrogens (tertiary/aromatic N) is 4. The van der Waals surface area contributed by atoms with Gasteiger partial charge in [0.2, 0.25) is 0 Å². The molecule has 2 saturated heterocycles. The van der Waals surface area contributed by atoms with Crippen LogP contribution in [-0.4, -0.2) is 58.8 Å². The van der Waals surface area contributed by atoms with Gasteiger partial charge in [0.05, 0.1) is 11.3 Å². The van der Waals surface area contributed by atoms with Gasteiger partial charge in [0.15, 0.2) is 0 Å². The third-order valence-corrected chi connectivity index (χ3v) is 7.12. The largest absolute Gasteiger partial charge is 0.388 e. The molecule has 3 heterocycles. The maximum Gasteiger partial charge on any atom is 0.274 e. The predicted octanol–water partition coefficient (Wildman–Crippen LogP) is 3.48. The smallest absolute Gasteiger partial charge is 0.274 e. The van der Waals surface area contributed by atoms with Crippen molar-refractivity contribution in [2.45, 2.75) is 25.3 Å². The van der Waals surface area contributed by atoms with Gasteiger partial charge in [-0.25, -0.2) is 9.37 Å². The third-order valence-electron chi connectivity index (χ3n) is 7.12. The van der Waals surface area contributed by atoms with Gasteiger partial charge < -0.3 is 20.9 Å². The van der Waals surface area contributed by atoms with Crippen molar-refractivity contribution in [3.8, 4) is 23.1 Å². The molecule has 0 aliphatic carbocycles. The molecule has 2 aliphatic heterocycles. The van der Waals surface area contributed by atoms with E-state index in [9.17, 15) is 9.18 Å². The minimum Gasteiger partial charge on any atom is -0.388 e. The van der Waals surface area contributed by atoms with E-state index in [1.807, 2.05) is 40.7 Å². The van der Waals surface area contributed by atoms with Crippen LogP contribution >= 0.6 is 0 Å². The van der Waals surface area contributed by atoms with Crippen LogP contribution in [0.25, 0.3) is 17.1 Å². The van der Waals surface area contributed by atoms with Crippen LogP contribution in [0.4, 0.5) is 10.1 Å². The summed E-state index contributed by atoms with van der Waals surface area (Å²) in [5.41, 5.74) is 3.52. The number of anilines is 1. The average molecular weight is 472 g/mol. The van der Waals surface area contributed by atoms with E-state index in [1.54, 1.807) is 13.1 Å². The van der Waals surface area contributed by atoms with Gasteiger partial charge in [-0.2, -0.15) is 5.26 Å². The Balaban J connectivity index is 1.64. The van der Waals surface area contributed by atoms with Gasteiger partial charge in [-0.1, -0.05) is 0 Å². The number of hydrogen-bond acceptors (Lipinski definition) is 6. The molecule has 178 valence electrons. The fourth-order valence-corrected chi connectivity index (χ4v) is 5.02. The number of nitrogens with one attached hydrogen (secondary N) is 3. The number of halogens is 1. The molecule has 1 amide bonds. The second-order valence-electron chi connectivity index (χ2n) is 9.11. The van der Waals surface area contributed by atoms with Crippen LogP contribution in [0.2, 0.25) is 0 Å². The summed E-state index contributed by atoms with van der Waals surface area (Å²) in [4.78, 5) is 20.1. The Kier molecular flexibility index (Phi) is 5.61. The zero-order valence-electron chi connectivity index (χ0n) is 19.7. The SMILES string of the molecule is CNc1ccc(-n2c(-c3ccc(C#N)c(F)c3)nc(C(=O)N3CCC4(CCN4)C3)c2C)cc1C=N. The summed E-state index contributed by atoms with van der Waals surface area (Å²) in [5.74, 6) is -0.396. The van der Waals surface area contributed by atoms with E-state index in [0.29, 0.717) is 47.1 Å². The Morgan fingerprint density at radius 3 is 2.71 bits per heavy atom. The number of hydrogen-bond donors (Lipinski definition) is 3. The highest BCUT2D eigenvalue weighted by molar-refractivity contribution is 5.95. The van der Waals surface area contributed by atoms with Crippen molar-refractivity contribution < 1.29 is 9.18 Å². The highest BCUT2D eigenvalue weighted by Gasteiger charge is 2.44. The molecule has 1 aromatic heterocycles. The minimum atomic E-state index is -0.645. The van der Waals surface area contributed by atoms with Gasteiger partial charge in [0.1, 0.15) is 23.4 Å². The van der Waals surface area contributed by atoms with Crippen LogP contribution in [0.3, 0.4) is 0 Å². The van der Waals surface area contributed by atoms with E-state index in [4.69, 9.17) is 15.7 Å². The van der Waals surface area contributed by atoms with Crippen molar-refractivity contribution in [1.29, 1.82) is 10.7 Å². The molecule has 3 N–H and O–H groups in total. The van der Waals surface area contributed by atoms with Gasteiger partial charge >= 0.3 is 0 Å². The van der Waals surface area contributed by atoms with Crippen LogP contribution in [0.1, 0.15) is 40.2 Å². The van der Waals surface area contributed by atoms with Gasteiger partial charge in [0, 0.05) is 54.4 Å². The van der Waals surface area contributed by atoms with Crippen molar-refractivity contribution >= 4 is 17.8 Å². The van der Waals surface area contributed by atoms with E-state index in [1.165, 1.54) is 18.3 Å². The van der Waals surface area contributed by atoms with Gasteiger partial charge in [-0.3, -0.25) is 9.36 Å². The second-order valence-corrected chi connectivity index (χ2v) is 9.11. The number of benzene rings is 2. The summed E-state index contributed by atoms with van der Waals surface area (Å²) in [6, 6.07) is 11.7. The molecular formula is C26H26FN7O. The van der Waals surface area contributed by atoms with Gasteiger partial charge in [-0.05, 0) is 62.7 Å². The number of likely N-dealkylation sites (tertiary alicyclic amines) is 1. The van der Waals surface area contributed by atoms with Crippen LogP contribution < -0.4 is 10.6 Å². The lowest BCUT2D eigenvalue weighted by molar-refractivity contribution is 0.0760. The van der Waals surface area contributed by atoms with E-state index >= 15 is 0 Å². The monoisotopic (exact) mass is 471 g/mol.